The van der Waals surface area contributed by atoms with Gasteiger partial charge in [-0.1, -0.05) is 0 Å². The van der Waals surface area contributed by atoms with Crippen molar-refractivity contribution in [2.45, 2.75) is 51.2 Å². The molecule has 0 bridgehead atoms. The molecular formula is C21H26N2O3. The van der Waals surface area contributed by atoms with Gasteiger partial charge in [-0.05, 0) is 64.3 Å². The maximum Gasteiger partial charge on any atom is 0.339 e. The predicted molar refractivity (Wildman–Crippen MR) is 102 cm³/mol. The van der Waals surface area contributed by atoms with Gasteiger partial charge in [-0.2, -0.15) is 0 Å². The number of carbonyl (C=O) groups excluding carboxylic acids is 1. The fraction of sp³-hybridized carbons (Fsp3) is 0.524. The highest BCUT2D eigenvalue weighted by Crippen LogP contribution is 2.42. The Morgan fingerprint density at radius 1 is 1.27 bits per heavy atom. The quantitative estimate of drug-likeness (QED) is 0.765. The van der Waals surface area contributed by atoms with Crippen LogP contribution in [0.4, 0.5) is 5.69 Å². The first-order valence-corrected chi connectivity index (χ1v) is 9.36. The van der Waals surface area contributed by atoms with Crippen LogP contribution in [0.5, 0.6) is 0 Å². The number of morpholine rings is 1. The number of benzene rings is 1. The summed E-state index contributed by atoms with van der Waals surface area (Å²) >= 11 is 0. The van der Waals surface area contributed by atoms with Crippen LogP contribution in [-0.4, -0.2) is 41.9 Å². The highest BCUT2D eigenvalue weighted by Gasteiger charge is 2.44. The average Bonchev–Trinajstić information content (AvgIpc) is 2.57. The molecule has 1 aliphatic carbocycles. The molecule has 5 nitrogen and oxygen atoms in total. The molecule has 0 radical (unpaired) electrons. The molecule has 5 heteroatoms. The van der Waals surface area contributed by atoms with Gasteiger partial charge in [0.15, 0.2) is 0 Å². The zero-order valence-electron chi connectivity index (χ0n) is 15.7. The zero-order chi connectivity index (χ0) is 18.4. The number of pyridine rings is 1. The number of fused-ring (bicyclic) bond motifs is 1. The Labute approximate surface area is 154 Å². The highest BCUT2D eigenvalue weighted by atomic mass is 16.6. The molecule has 0 amide bonds. The van der Waals surface area contributed by atoms with Crippen molar-refractivity contribution >= 4 is 22.6 Å². The van der Waals surface area contributed by atoms with Crippen LogP contribution in [0.1, 0.15) is 50.4 Å². The lowest BCUT2D eigenvalue weighted by Crippen LogP contribution is -2.61. The van der Waals surface area contributed by atoms with Gasteiger partial charge in [-0.3, -0.25) is 4.98 Å². The summed E-state index contributed by atoms with van der Waals surface area (Å²) in [6.07, 6.45) is 5.25. The van der Waals surface area contributed by atoms with Crippen molar-refractivity contribution in [2.24, 2.45) is 0 Å². The van der Waals surface area contributed by atoms with Gasteiger partial charge >= 0.3 is 5.97 Å². The van der Waals surface area contributed by atoms with Crippen molar-refractivity contribution in [3.05, 3.63) is 36.0 Å². The second-order valence-corrected chi connectivity index (χ2v) is 8.34. The number of hydrogen-bond acceptors (Lipinski definition) is 5. The van der Waals surface area contributed by atoms with E-state index in [4.69, 9.17) is 9.47 Å². The van der Waals surface area contributed by atoms with Crippen molar-refractivity contribution in [1.29, 1.82) is 0 Å². The Bertz CT molecular complexity index is 837. The Morgan fingerprint density at radius 2 is 2.08 bits per heavy atom. The van der Waals surface area contributed by atoms with Gasteiger partial charge in [-0.25, -0.2) is 4.79 Å². The second kappa shape index (κ2) is 6.23. The molecule has 2 heterocycles. The average molecular weight is 354 g/mol. The number of carbonyl (C=O) groups is 1. The zero-order valence-corrected chi connectivity index (χ0v) is 15.7. The lowest BCUT2D eigenvalue weighted by molar-refractivity contribution is 0.00716. The monoisotopic (exact) mass is 354 g/mol. The van der Waals surface area contributed by atoms with E-state index in [1.165, 1.54) is 6.42 Å². The Morgan fingerprint density at radius 3 is 2.77 bits per heavy atom. The van der Waals surface area contributed by atoms with Crippen LogP contribution in [0.3, 0.4) is 0 Å². The summed E-state index contributed by atoms with van der Waals surface area (Å²) < 4.78 is 11.3. The molecule has 0 atom stereocenters. The van der Waals surface area contributed by atoms with Crippen LogP contribution in [-0.2, 0) is 9.47 Å². The van der Waals surface area contributed by atoms with Crippen molar-refractivity contribution in [2.75, 3.05) is 24.7 Å². The molecule has 1 saturated carbocycles. The number of esters is 1. The first-order chi connectivity index (χ1) is 12.4. The van der Waals surface area contributed by atoms with E-state index in [0.717, 1.165) is 49.2 Å². The summed E-state index contributed by atoms with van der Waals surface area (Å²) in [5, 5.41) is 0.847. The fourth-order valence-corrected chi connectivity index (χ4v) is 3.95. The summed E-state index contributed by atoms with van der Waals surface area (Å²) in [4.78, 5) is 19.6. The van der Waals surface area contributed by atoms with Crippen LogP contribution in [0, 0.1) is 0 Å². The Hall–Kier alpha value is -2.14. The largest absolute Gasteiger partial charge is 0.456 e. The summed E-state index contributed by atoms with van der Waals surface area (Å²) in [7, 11) is 0. The maximum atomic E-state index is 12.7. The van der Waals surface area contributed by atoms with Crippen LogP contribution >= 0.6 is 0 Å². The van der Waals surface area contributed by atoms with E-state index in [9.17, 15) is 4.79 Å². The van der Waals surface area contributed by atoms with Crippen LogP contribution < -0.4 is 4.90 Å². The summed E-state index contributed by atoms with van der Waals surface area (Å²) in [5.41, 5.74) is 2.12. The third kappa shape index (κ3) is 3.05. The topological polar surface area (TPSA) is 51.7 Å². The van der Waals surface area contributed by atoms with E-state index in [0.29, 0.717) is 5.56 Å². The Kier molecular flexibility index (Phi) is 4.14. The van der Waals surface area contributed by atoms with Gasteiger partial charge in [-0.15, -0.1) is 0 Å². The lowest BCUT2D eigenvalue weighted by Gasteiger charge is -2.54. The summed E-state index contributed by atoms with van der Waals surface area (Å²) in [6, 6.07) is 7.95. The first kappa shape index (κ1) is 17.3. The van der Waals surface area contributed by atoms with Crippen molar-refractivity contribution < 1.29 is 14.3 Å². The molecule has 2 fully saturated rings. The van der Waals surface area contributed by atoms with Crippen molar-refractivity contribution in [1.82, 2.24) is 4.98 Å². The second-order valence-electron chi connectivity index (χ2n) is 8.34. The summed E-state index contributed by atoms with van der Waals surface area (Å²) in [6.45, 7) is 8.06. The molecule has 26 heavy (non-hydrogen) atoms. The lowest BCUT2D eigenvalue weighted by atomic mass is 9.75. The maximum absolute atomic E-state index is 12.7. The van der Waals surface area contributed by atoms with Crippen molar-refractivity contribution in [3.63, 3.8) is 0 Å². The molecule has 0 unspecified atom stereocenters. The fourth-order valence-electron chi connectivity index (χ4n) is 3.95. The Balaban J connectivity index is 1.74. The van der Waals surface area contributed by atoms with Gasteiger partial charge in [0.2, 0.25) is 0 Å². The van der Waals surface area contributed by atoms with Crippen molar-refractivity contribution in [3.8, 4) is 0 Å². The third-order valence-corrected chi connectivity index (χ3v) is 5.34. The first-order valence-electron chi connectivity index (χ1n) is 9.36. The molecule has 1 aliphatic heterocycles. The number of hydrogen-bond donors (Lipinski definition) is 0. The molecular weight excluding hydrogens is 328 g/mol. The minimum absolute atomic E-state index is 0.125. The molecule has 2 aliphatic rings. The number of rotatable bonds is 2. The van der Waals surface area contributed by atoms with E-state index >= 15 is 0 Å². The molecule has 1 aromatic carbocycles. The smallest absolute Gasteiger partial charge is 0.339 e. The number of anilines is 1. The van der Waals surface area contributed by atoms with Gasteiger partial charge < -0.3 is 14.4 Å². The molecule has 1 saturated heterocycles. The normalized spacial score (nSPS) is 19.4. The molecule has 2 aromatic rings. The standard InChI is InChI=1S/C21H26N2O3/c1-20(2,3)26-19(24)16-7-10-22-18-6-5-15(13-17(16)18)23-11-12-25-14-21(23)8-4-9-21/h5-7,10,13H,4,8-9,11-12,14H2,1-3H3. The number of ether oxygens (including phenoxy) is 2. The molecule has 1 spiro atoms. The van der Waals surface area contributed by atoms with Gasteiger partial charge in [0, 0.05) is 23.8 Å². The molecule has 4 rings (SSSR count). The van der Waals surface area contributed by atoms with Crippen LogP contribution in [0.25, 0.3) is 10.9 Å². The van der Waals surface area contributed by atoms with E-state index in [1.807, 2.05) is 26.8 Å². The van der Waals surface area contributed by atoms with Gasteiger partial charge in [0.1, 0.15) is 5.60 Å². The number of nitrogens with zero attached hydrogens (tertiary/aromatic N) is 2. The van der Waals surface area contributed by atoms with Crippen LogP contribution in [0.15, 0.2) is 30.5 Å². The molecule has 138 valence electrons. The minimum atomic E-state index is -0.523. The summed E-state index contributed by atoms with van der Waals surface area (Å²) in [5.74, 6) is -0.303. The van der Waals surface area contributed by atoms with E-state index < -0.39 is 5.60 Å². The van der Waals surface area contributed by atoms with Crippen LogP contribution in [0.2, 0.25) is 0 Å². The van der Waals surface area contributed by atoms with E-state index in [2.05, 4.69) is 22.0 Å². The molecule has 1 aromatic heterocycles. The minimum Gasteiger partial charge on any atom is -0.456 e. The SMILES string of the molecule is CC(C)(C)OC(=O)c1ccnc2ccc(N3CCOCC34CCC4)cc12. The van der Waals surface area contributed by atoms with E-state index in [1.54, 1.807) is 12.3 Å². The number of aromatic nitrogens is 1. The molecule has 0 N–H and O–H groups in total. The third-order valence-electron chi connectivity index (χ3n) is 5.34. The predicted octanol–water partition coefficient (Wildman–Crippen LogP) is 3.95. The highest BCUT2D eigenvalue weighted by molar-refractivity contribution is 6.04. The van der Waals surface area contributed by atoms with Gasteiger partial charge in [0.25, 0.3) is 0 Å². The van der Waals surface area contributed by atoms with Gasteiger partial charge in [0.05, 0.1) is 29.8 Å². The van der Waals surface area contributed by atoms with E-state index in [-0.39, 0.29) is 11.5 Å².